The normalized spacial score (nSPS) is 17.4. The first kappa shape index (κ1) is 65.9. The van der Waals surface area contributed by atoms with Gasteiger partial charge in [-0.25, -0.2) is 0 Å². The van der Waals surface area contributed by atoms with Crippen LogP contribution in [0.1, 0.15) is 141 Å². The Morgan fingerprint density at radius 1 is 0.662 bits per heavy atom. The summed E-state index contributed by atoms with van der Waals surface area (Å²) in [5, 5.41) is 32.5. The number of carbonyl (C=O) groups excluding carboxylic acids is 10. The van der Waals surface area contributed by atoms with Crippen LogP contribution in [0.15, 0.2) is 4.99 Å². The number of guanidine groups is 1. The molecule has 1 heterocycles. The van der Waals surface area contributed by atoms with Gasteiger partial charge in [0.2, 0.25) is 59.1 Å². The van der Waals surface area contributed by atoms with Gasteiger partial charge in [-0.15, -0.1) is 0 Å². The van der Waals surface area contributed by atoms with Gasteiger partial charge >= 0.3 is 0 Å². The number of nitrogens with zero attached hydrogens (tertiary/aromatic N) is 3. The van der Waals surface area contributed by atoms with Crippen LogP contribution in [0, 0.1) is 23.7 Å². The maximum absolute atomic E-state index is 14.2. The van der Waals surface area contributed by atoms with Gasteiger partial charge in [0.25, 0.3) is 0 Å². The molecule has 1 fully saturated rings. The highest BCUT2D eigenvalue weighted by atomic mass is 16.3. The summed E-state index contributed by atoms with van der Waals surface area (Å²) in [6, 6.07) is -9.42. The van der Waals surface area contributed by atoms with Crippen LogP contribution < -0.4 is 54.0 Å². The Kier molecular flexibility index (Phi) is 29.4. The highest BCUT2D eigenvalue weighted by molar-refractivity contribution is 5.98. The van der Waals surface area contributed by atoms with Gasteiger partial charge < -0.3 is 68.9 Å². The molecule has 0 aliphatic carbocycles. The topological polar surface area (TPSA) is 358 Å². The van der Waals surface area contributed by atoms with E-state index in [1.54, 1.807) is 48.5 Å². The van der Waals surface area contributed by atoms with Crippen molar-refractivity contribution in [3.05, 3.63) is 0 Å². The Morgan fingerprint density at radius 3 is 1.66 bits per heavy atom. The van der Waals surface area contributed by atoms with Crippen molar-refractivity contribution in [3.63, 3.8) is 0 Å². The molecule has 24 nitrogen and oxygen atoms in total. The van der Waals surface area contributed by atoms with E-state index >= 15 is 0 Å². The van der Waals surface area contributed by atoms with Gasteiger partial charge in [0.05, 0.1) is 12.6 Å². The maximum atomic E-state index is 14.2. The Balaban J connectivity index is 3.39. The molecule has 0 radical (unpaired) electrons. The zero-order valence-corrected chi connectivity index (χ0v) is 46.2. The van der Waals surface area contributed by atoms with E-state index in [0.717, 1.165) is 0 Å². The summed E-state index contributed by atoms with van der Waals surface area (Å²) in [4.78, 5) is 142. The Labute approximate surface area is 438 Å². The van der Waals surface area contributed by atoms with E-state index in [1.165, 1.54) is 30.7 Å². The van der Waals surface area contributed by atoms with Gasteiger partial charge in [-0.2, -0.15) is 0 Å². The summed E-state index contributed by atoms with van der Waals surface area (Å²) in [5.41, 5.74) is 11.0. The third-order valence-electron chi connectivity index (χ3n) is 13.1. The molecule has 0 spiro atoms. The Hall–Kier alpha value is -6.07. The number of rotatable bonds is 32. The molecule has 0 unspecified atom stereocenters. The number of aliphatic imine (C=N–C) groups is 1. The molecule has 1 aliphatic rings. The lowest BCUT2D eigenvalue weighted by Gasteiger charge is -2.32. The molecular weight excluding hydrogens is 959 g/mol. The van der Waals surface area contributed by atoms with Gasteiger partial charge in [-0.3, -0.25) is 52.9 Å². The molecule has 0 aromatic carbocycles. The summed E-state index contributed by atoms with van der Waals surface area (Å²) >= 11 is 0. The molecular formula is C50H91N13O11. The van der Waals surface area contributed by atoms with Crippen LogP contribution in [0.3, 0.4) is 0 Å². The van der Waals surface area contributed by atoms with E-state index in [4.69, 9.17) is 11.5 Å². The average molecular weight is 1050 g/mol. The molecule has 0 saturated carbocycles. The van der Waals surface area contributed by atoms with Crippen molar-refractivity contribution in [2.24, 2.45) is 40.1 Å². The lowest BCUT2D eigenvalue weighted by molar-refractivity contribution is -0.142. The minimum absolute atomic E-state index is 0.0478. The SMILES string of the molecule is CCC[C@H](NC(=O)[C@@H](NC(=O)[C@H](NC(=O)[C@@H](NC(=O)[C@H](CC(C)C)NC(=O)CN(C)C(C)=O)C(C)C)[C@@H](C)CC)[C@@H](C)O)C(=O)N[C@H](C(=O)N[C@@H](CCCN=C(N)N)C(=O)N1CCC[C@H]1C(=O)NCC)[C@@H](C)CC. The van der Waals surface area contributed by atoms with Crippen LogP contribution in [0.2, 0.25) is 0 Å². The number of hydrogen-bond acceptors (Lipinski definition) is 12. The fraction of sp³-hybridized carbons (Fsp3) is 0.780. The Morgan fingerprint density at radius 2 is 1.16 bits per heavy atom. The van der Waals surface area contributed by atoms with Crippen LogP contribution in [-0.4, -0.2) is 168 Å². The molecule has 422 valence electrons. The number of aliphatic hydroxyl groups excluding tert-OH is 1. The summed E-state index contributed by atoms with van der Waals surface area (Å²) in [5.74, 6) is -7.94. The van der Waals surface area contributed by atoms with Gasteiger partial charge in [0, 0.05) is 33.6 Å². The van der Waals surface area contributed by atoms with Crippen LogP contribution in [0.5, 0.6) is 0 Å². The van der Waals surface area contributed by atoms with Crippen molar-refractivity contribution in [2.75, 3.05) is 33.2 Å². The molecule has 74 heavy (non-hydrogen) atoms. The molecule has 0 aromatic rings. The molecule has 0 bridgehead atoms. The number of amides is 10. The fourth-order valence-electron chi connectivity index (χ4n) is 8.24. The fourth-order valence-corrected chi connectivity index (χ4v) is 8.24. The van der Waals surface area contributed by atoms with Crippen molar-refractivity contribution in [3.8, 4) is 0 Å². The number of nitrogens with two attached hydrogens (primary N) is 2. The van der Waals surface area contributed by atoms with Crippen molar-refractivity contribution in [1.29, 1.82) is 0 Å². The monoisotopic (exact) mass is 1050 g/mol. The van der Waals surface area contributed by atoms with E-state index in [1.807, 2.05) is 20.8 Å². The number of likely N-dealkylation sites (tertiary alicyclic amines) is 1. The summed E-state index contributed by atoms with van der Waals surface area (Å²) in [7, 11) is 1.45. The molecule has 13 N–H and O–H groups in total. The van der Waals surface area contributed by atoms with E-state index in [9.17, 15) is 53.1 Å². The molecule has 24 heteroatoms. The third kappa shape index (κ3) is 21.8. The molecule has 1 rings (SSSR count). The van der Waals surface area contributed by atoms with E-state index in [0.29, 0.717) is 51.6 Å². The number of nitrogens with one attached hydrogen (secondary N) is 8. The first-order chi connectivity index (χ1) is 34.6. The molecule has 1 saturated heterocycles. The summed E-state index contributed by atoms with van der Waals surface area (Å²) < 4.78 is 0. The van der Waals surface area contributed by atoms with Gasteiger partial charge in [0.1, 0.15) is 48.3 Å². The van der Waals surface area contributed by atoms with E-state index in [-0.39, 0.29) is 56.0 Å². The zero-order valence-electron chi connectivity index (χ0n) is 46.2. The first-order valence-electron chi connectivity index (χ1n) is 26.3. The van der Waals surface area contributed by atoms with Crippen LogP contribution in [0.4, 0.5) is 0 Å². The van der Waals surface area contributed by atoms with Crippen molar-refractivity contribution in [1.82, 2.24) is 52.3 Å². The second kappa shape index (κ2) is 33.0. The number of aliphatic hydroxyl groups is 1. The van der Waals surface area contributed by atoms with Gasteiger partial charge in [-0.05, 0) is 76.0 Å². The van der Waals surface area contributed by atoms with E-state index in [2.05, 4.69) is 47.5 Å². The van der Waals surface area contributed by atoms with Crippen LogP contribution in [0.25, 0.3) is 0 Å². The number of likely N-dealkylation sites (N-methyl/N-ethyl adjacent to an activating group) is 2. The quantitative estimate of drug-likeness (QED) is 0.0220. The Bertz CT molecular complexity index is 1930. The van der Waals surface area contributed by atoms with Crippen molar-refractivity contribution >= 4 is 65.0 Å². The number of carbonyl (C=O) groups is 10. The second-order valence-electron chi connectivity index (χ2n) is 20.3. The minimum atomic E-state index is -1.63. The standard InChI is InChI=1S/C50H91N13O11/c1-14-20-33(42(67)59-39(29(9)15-2)46(71)57-34(21-18-23-54-50(51)52)49(74)63-24-19-22-36(63)44(69)53-17-4)56-48(73)41(31(11)64)61-47(72)40(30(10)16-3)60-45(70)38(28(7)8)58-43(68)35(25-27(5)6)55-37(66)26-62(13)32(12)65/h27-31,33-36,38-41,64H,14-26H2,1-13H3,(H,53,69)(H,55,66)(H,56,73)(H,57,71)(H,58,68)(H,59,67)(H,60,70)(H,61,72)(H4,51,52,54)/t29-,30-,31+,33-,34-,35-,36-,38-,39-,40+,41-/m0/s1. The van der Waals surface area contributed by atoms with Gasteiger partial charge in [0.15, 0.2) is 5.96 Å². The maximum Gasteiger partial charge on any atom is 0.245 e. The predicted octanol–water partition coefficient (Wildman–Crippen LogP) is -0.986. The highest BCUT2D eigenvalue weighted by Gasteiger charge is 2.40. The highest BCUT2D eigenvalue weighted by Crippen LogP contribution is 2.21. The van der Waals surface area contributed by atoms with Crippen LogP contribution >= 0.6 is 0 Å². The zero-order chi connectivity index (χ0) is 56.6. The minimum Gasteiger partial charge on any atom is -0.391 e. The first-order valence-corrected chi connectivity index (χ1v) is 26.3. The summed E-state index contributed by atoms with van der Waals surface area (Å²) in [6.07, 6.45) is 1.43. The molecule has 10 amide bonds. The average Bonchev–Trinajstić information content (AvgIpc) is 3.83. The number of hydrogen-bond donors (Lipinski definition) is 11. The lowest BCUT2D eigenvalue weighted by Crippen LogP contribution is -2.63. The molecule has 11 atom stereocenters. The molecule has 1 aliphatic heterocycles. The summed E-state index contributed by atoms with van der Waals surface area (Å²) in [6.45, 7) is 20.8. The van der Waals surface area contributed by atoms with E-state index < -0.39 is 119 Å². The van der Waals surface area contributed by atoms with Crippen molar-refractivity contribution < 1.29 is 53.1 Å². The smallest absolute Gasteiger partial charge is 0.245 e. The lowest BCUT2D eigenvalue weighted by atomic mass is 9.95. The van der Waals surface area contributed by atoms with Gasteiger partial charge in [-0.1, -0.05) is 81.6 Å². The predicted molar refractivity (Wildman–Crippen MR) is 280 cm³/mol. The van der Waals surface area contributed by atoms with Crippen molar-refractivity contribution in [2.45, 2.75) is 195 Å². The van der Waals surface area contributed by atoms with Crippen LogP contribution in [-0.2, 0) is 47.9 Å². The third-order valence-corrected chi connectivity index (χ3v) is 13.1. The molecule has 0 aromatic heterocycles. The largest absolute Gasteiger partial charge is 0.391 e. The second-order valence-corrected chi connectivity index (χ2v) is 20.3.